The molecule has 27 heavy (non-hydrogen) atoms. The number of hydrogen-bond acceptors (Lipinski definition) is 4. The van der Waals surface area contributed by atoms with Gasteiger partial charge in [0.2, 0.25) is 11.8 Å². The number of carbonyl (C=O) groups is 2. The van der Waals surface area contributed by atoms with E-state index in [0.717, 1.165) is 10.4 Å². The highest BCUT2D eigenvalue weighted by molar-refractivity contribution is 7.09. The van der Waals surface area contributed by atoms with Gasteiger partial charge in [-0.1, -0.05) is 48.6 Å². The highest BCUT2D eigenvalue weighted by atomic mass is 32.1. The number of nitrogens with one attached hydrogen (secondary N) is 1. The topological polar surface area (TPSA) is 58.6 Å². The van der Waals surface area contributed by atoms with Crippen molar-refractivity contribution in [3.05, 3.63) is 70.4 Å². The van der Waals surface area contributed by atoms with Crippen LogP contribution in [0.2, 0.25) is 0 Å². The highest BCUT2D eigenvalue weighted by Crippen LogP contribution is 2.52. The Morgan fingerprint density at radius 3 is 2.89 bits per heavy atom. The summed E-state index contributed by atoms with van der Waals surface area (Å²) in [6.45, 7) is 1.54. The van der Waals surface area contributed by atoms with E-state index in [2.05, 4.69) is 5.32 Å². The fourth-order valence-electron chi connectivity index (χ4n) is 4.52. The van der Waals surface area contributed by atoms with Crippen LogP contribution in [0.25, 0.3) is 0 Å². The van der Waals surface area contributed by atoms with Crippen molar-refractivity contribution in [1.82, 2.24) is 10.2 Å². The minimum atomic E-state index is -0.651. The Hall–Kier alpha value is -2.44. The smallest absolute Gasteiger partial charge is 0.230 e. The maximum absolute atomic E-state index is 13.2. The Morgan fingerprint density at radius 1 is 1.26 bits per heavy atom. The average Bonchev–Trinajstić information content (AvgIpc) is 3.44. The van der Waals surface area contributed by atoms with Gasteiger partial charge in [0.15, 0.2) is 0 Å². The second-order valence-corrected chi connectivity index (χ2v) is 8.41. The van der Waals surface area contributed by atoms with E-state index in [-0.39, 0.29) is 17.9 Å². The van der Waals surface area contributed by atoms with Gasteiger partial charge in [-0.2, -0.15) is 0 Å². The monoisotopic (exact) mass is 380 g/mol. The number of carbonyl (C=O) groups excluding carboxylic acids is 2. The van der Waals surface area contributed by atoms with Crippen molar-refractivity contribution < 1.29 is 14.3 Å². The van der Waals surface area contributed by atoms with E-state index in [4.69, 9.17) is 4.74 Å². The normalized spacial score (nSPS) is 30.7. The summed E-state index contributed by atoms with van der Waals surface area (Å²) in [5.74, 6) is -0.968. The maximum Gasteiger partial charge on any atom is 0.230 e. The molecule has 0 radical (unpaired) electrons. The van der Waals surface area contributed by atoms with E-state index in [0.29, 0.717) is 19.6 Å². The predicted molar refractivity (Wildman–Crippen MR) is 102 cm³/mol. The number of likely N-dealkylation sites (tertiary alicyclic amines) is 1. The molecule has 1 aromatic heterocycles. The number of thiophene rings is 1. The molecule has 4 unspecified atom stereocenters. The Labute approximate surface area is 161 Å². The van der Waals surface area contributed by atoms with E-state index in [9.17, 15) is 9.59 Å². The van der Waals surface area contributed by atoms with Crippen molar-refractivity contribution in [1.29, 1.82) is 0 Å². The average molecular weight is 380 g/mol. The van der Waals surface area contributed by atoms with Crippen molar-refractivity contribution in [2.75, 3.05) is 6.54 Å². The van der Waals surface area contributed by atoms with Crippen LogP contribution in [-0.2, 0) is 27.4 Å². The molecule has 2 aromatic rings. The van der Waals surface area contributed by atoms with Crippen LogP contribution < -0.4 is 5.32 Å². The minimum Gasteiger partial charge on any atom is -0.360 e. The van der Waals surface area contributed by atoms with Gasteiger partial charge in [0.1, 0.15) is 5.60 Å². The zero-order valence-electron chi connectivity index (χ0n) is 14.7. The van der Waals surface area contributed by atoms with Gasteiger partial charge in [-0.25, -0.2) is 0 Å². The summed E-state index contributed by atoms with van der Waals surface area (Å²) in [6, 6.07) is 13.9. The number of fused-ring (bicyclic) bond motifs is 1. The van der Waals surface area contributed by atoms with Gasteiger partial charge in [0.05, 0.1) is 31.0 Å². The van der Waals surface area contributed by atoms with E-state index < -0.39 is 17.4 Å². The molecule has 1 aromatic carbocycles. The van der Waals surface area contributed by atoms with Crippen molar-refractivity contribution in [2.45, 2.75) is 24.8 Å². The summed E-state index contributed by atoms with van der Waals surface area (Å²) in [5.41, 5.74) is 0.432. The van der Waals surface area contributed by atoms with E-state index in [1.54, 1.807) is 11.3 Å². The predicted octanol–water partition coefficient (Wildman–Crippen LogP) is 2.35. The first-order valence-electron chi connectivity index (χ1n) is 9.16. The molecule has 2 saturated heterocycles. The quantitative estimate of drug-likeness (QED) is 0.810. The Morgan fingerprint density at radius 2 is 2.11 bits per heavy atom. The summed E-state index contributed by atoms with van der Waals surface area (Å²) in [5, 5.41) is 4.98. The van der Waals surface area contributed by atoms with Crippen molar-refractivity contribution in [3.8, 4) is 0 Å². The molecule has 1 N–H and O–H groups in total. The van der Waals surface area contributed by atoms with Crippen LogP contribution in [0.4, 0.5) is 0 Å². The number of amides is 2. The number of rotatable bonds is 5. The molecule has 4 heterocycles. The first-order valence-corrected chi connectivity index (χ1v) is 10.0. The van der Waals surface area contributed by atoms with Gasteiger partial charge in [-0.3, -0.25) is 9.59 Å². The third-order valence-corrected chi connectivity index (χ3v) is 6.59. The van der Waals surface area contributed by atoms with Gasteiger partial charge in [0.25, 0.3) is 0 Å². The van der Waals surface area contributed by atoms with E-state index in [1.165, 1.54) is 0 Å². The zero-order valence-corrected chi connectivity index (χ0v) is 15.5. The number of nitrogens with zero attached hydrogens (tertiary/aromatic N) is 1. The Balaban J connectivity index is 1.34. The first-order chi connectivity index (χ1) is 13.2. The summed E-state index contributed by atoms with van der Waals surface area (Å²) in [7, 11) is 0. The Bertz CT molecular complexity index is 895. The maximum atomic E-state index is 13.2. The van der Waals surface area contributed by atoms with E-state index in [1.807, 2.05) is 64.9 Å². The largest absolute Gasteiger partial charge is 0.360 e. The first kappa shape index (κ1) is 16.7. The molecule has 4 atom stereocenters. The highest BCUT2D eigenvalue weighted by Gasteiger charge is 2.66. The SMILES string of the molecule is O=C(NCc1cccs1)C1C2C=CC3(CN(Cc4ccccc4)C(=O)C13)O2. The van der Waals surface area contributed by atoms with Crippen LogP contribution in [0, 0.1) is 11.8 Å². The summed E-state index contributed by atoms with van der Waals surface area (Å²) < 4.78 is 6.16. The molecule has 2 bridgehead atoms. The number of ether oxygens (including phenoxy) is 1. The molecule has 1 spiro atoms. The zero-order chi connectivity index (χ0) is 18.4. The lowest BCUT2D eigenvalue weighted by Gasteiger charge is -2.23. The van der Waals surface area contributed by atoms with Crippen LogP contribution in [0.5, 0.6) is 0 Å². The molecule has 2 fully saturated rings. The second-order valence-electron chi connectivity index (χ2n) is 7.38. The van der Waals surface area contributed by atoms with Crippen LogP contribution >= 0.6 is 11.3 Å². The molecule has 3 aliphatic heterocycles. The molecule has 6 heteroatoms. The lowest BCUT2D eigenvalue weighted by Crippen LogP contribution is -2.43. The van der Waals surface area contributed by atoms with Crippen LogP contribution in [0.15, 0.2) is 60.0 Å². The van der Waals surface area contributed by atoms with Crippen LogP contribution in [0.1, 0.15) is 10.4 Å². The lowest BCUT2D eigenvalue weighted by molar-refractivity contribution is -0.137. The van der Waals surface area contributed by atoms with Crippen LogP contribution in [-0.4, -0.2) is 35.0 Å². The molecular formula is C21H20N2O3S. The second kappa shape index (κ2) is 6.32. The molecule has 2 amide bonds. The number of hydrogen-bond donors (Lipinski definition) is 1. The number of benzene rings is 1. The third kappa shape index (κ3) is 2.71. The van der Waals surface area contributed by atoms with Gasteiger partial charge >= 0.3 is 0 Å². The standard InChI is InChI=1S/C21H20N2O3S/c24-19(22-11-15-7-4-10-27-15)17-16-8-9-21(26-16)13-23(20(25)18(17)21)12-14-5-2-1-3-6-14/h1-10,16-18H,11-13H2,(H,22,24). The van der Waals surface area contributed by atoms with Gasteiger partial charge in [-0.15, -0.1) is 11.3 Å². The Kier molecular flexibility index (Phi) is 3.91. The van der Waals surface area contributed by atoms with Gasteiger partial charge in [-0.05, 0) is 17.0 Å². The molecule has 5 rings (SSSR count). The summed E-state index contributed by atoms with van der Waals surface area (Å²) >= 11 is 1.61. The van der Waals surface area contributed by atoms with Crippen molar-refractivity contribution in [3.63, 3.8) is 0 Å². The van der Waals surface area contributed by atoms with Crippen molar-refractivity contribution in [2.24, 2.45) is 11.8 Å². The van der Waals surface area contributed by atoms with Gasteiger partial charge < -0.3 is 15.0 Å². The lowest BCUT2D eigenvalue weighted by atomic mass is 9.77. The molecule has 0 saturated carbocycles. The molecular weight excluding hydrogens is 360 g/mol. The fraction of sp³-hybridized carbons (Fsp3) is 0.333. The fourth-order valence-corrected chi connectivity index (χ4v) is 5.17. The van der Waals surface area contributed by atoms with Crippen LogP contribution in [0.3, 0.4) is 0 Å². The summed E-state index contributed by atoms with van der Waals surface area (Å²) in [4.78, 5) is 29.0. The molecule has 3 aliphatic rings. The molecule has 0 aliphatic carbocycles. The molecule has 5 nitrogen and oxygen atoms in total. The third-order valence-electron chi connectivity index (χ3n) is 5.71. The summed E-state index contributed by atoms with van der Waals surface area (Å²) in [6.07, 6.45) is 3.64. The minimum absolute atomic E-state index is 0.0157. The van der Waals surface area contributed by atoms with Gasteiger partial charge in [0, 0.05) is 11.4 Å². The van der Waals surface area contributed by atoms with E-state index >= 15 is 0 Å². The molecule has 138 valence electrons. The van der Waals surface area contributed by atoms with Crippen molar-refractivity contribution >= 4 is 23.2 Å².